The predicted molar refractivity (Wildman–Crippen MR) is 64.0 cm³/mol. The van der Waals surface area contributed by atoms with Gasteiger partial charge in [0.25, 0.3) is 0 Å². The molecule has 1 heterocycles. The summed E-state index contributed by atoms with van der Waals surface area (Å²) < 4.78 is 39.6. The Hall–Kier alpha value is -1.82. The quantitative estimate of drug-likeness (QED) is 0.792. The van der Waals surface area contributed by atoms with Gasteiger partial charge < -0.3 is 0 Å². The van der Waals surface area contributed by atoms with E-state index in [1.54, 1.807) is 7.05 Å². The SMILES string of the molecule is Cn1cc(C=O)c(-c2ccc(Cl)c(C(F)(F)F)c2)n1. The van der Waals surface area contributed by atoms with E-state index >= 15 is 0 Å². The minimum absolute atomic E-state index is 0.194. The largest absolute Gasteiger partial charge is 0.417 e. The lowest BCUT2D eigenvalue weighted by molar-refractivity contribution is -0.137. The van der Waals surface area contributed by atoms with Crippen LogP contribution in [0.25, 0.3) is 11.3 Å². The summed E-state index contributed by atoms with van der Waals surface area (Å²) in [4.78, 5) is 10.9. The minimum atomic E-state index is -4.55. The third kappa shape index (κ3) is 2.63. The Bertz CT molecular complexity index is 634. The van der Waals surface area contributed by atoms with Crippen LogP contribution in [0.1, 0.15) is 15.9 Å². The third-order valence-electron chi connectivity index (χ3n) is 2.53. The van der Waals surface area contributed by atoms with Gasteiger partial charge in [0.15, 0.2) is 6.29 Å². The average molecular weight is 289 g/mol. The van der Waals surface area contributed by atoms with E-state index in [0.29, 0.717) is 6.29 Å². The van der Waals surface area contributed by atoms with E-state index in [-0.39, 0.29) is 21.8 Å². The maximum absolute atomic E-state index is 12.8. The van der Waals surface area contributed by atoms with Crippen LogP contribution in [-0.4, -0.2) is 16.1 Å². The number of alkyl halides is 3. The van der Waals surface area contributed by atoms with E-state index in [4.69, 9.17) is 11.6 Å². The van der Waals surface area contributed by atoms with Gasteiger partial charge in [-0.15, -0.1) is 0 Å². The van der Waals surface area contributed by atoms with Crippen molar-refractivity contribution in [3.05, 3.63) is 40.5 Å². The summed E-state index contributed by atoms with van der Waals surface area (Å²) in [5.41, 5.74) is -0.341. The zero-order chi connectivity index (χ0) is 14.2. The van der Waals surface area contributed by atoms with Gasteiger partial charge in [0.2, 0.25) is 0 Å². The number of rotatable bonds is 2. The van der Waals surface area contributed by atoms with E-state index in [9.17, 15) is 18.0 Å². The molecule has 0 saturated carbocycles. The number of benzene rings is 1. The molecule has 1 aromatic heterocycles. The summed E-state index contributed by atoms with van der Waals surface area (Å²) in [7, 11) is 1.58. The van der Waals surface area contributed by atoms with Crippen LogP contribution < -0.4 is 0 Å². The van der Waals surface area contributed by atoms with E-state index in [2.05, 4.69) is 5.10 Å². The summed E-state index contributed by atoms with van der Waals surface area (Å²) in [5.74, 6) is 0. The van der Waals surface area contributed by atoms with Gasteiger partial charge in [-0.1, -0.05) is 17.7 Å². The van der Waals surface area contributed by atoms with Crippen LogP contribution in [0.5, 0.6) is 0 Å². The molecule has 0 saturated heterocycles. The van der Waals surface area contributed by atoms with Gasteiger partial charge in [0, 0.05) is 18.8 Å². The van der Waals surface area contributed by atoms with Gasteiger partial charge >= 0.3 is 6.18 Å². The molecular weight excluding hydrogens is 281 g/mol. The number of hydrogen-bond acceptors (Lipinski definition) is 2. The van der Waals surface area contributed by atoms with Crippen molar-refractivity contribution >= 4 is 17.9 Å². The fourth-order valence-corrected chi connectivity index (χ4v) is 1.93. The highest BCUT2D eigenvalue weighted by Crippen LogP contribution is 2.37. The van der Waals surface area contributed by atoms with Crippen LogP contribution in [0.3, 0.4) is 0 Å². The molecule has 1 aromatic carbocycles. The van der Waals surface area contributed by atoms with Crippen molar-refractivity contribution in [2.75, 3.05) is 0 Å². The monoisotopic (exact) mass is 288 g/mol. The molecule has 0 fully saturated rings. The number of aromatic nitrogens is 2. The van der Waals surface area contributed by atoms with Crippen LogP contribution in [0, 0.1) is 0 Å². The molecule has 0 spiro atoms. The van der Waals surface area contributed by atoms with E-state index in [0.717, 1.165) is 12.1 Å². The van der Waals surface area contributed by atoms with E-state index in [1.165, 1.54) is 16.9 Å². The first-order valence-electron chi connectivity index (χ1n) is 5.19. The van der Waals surface area contributed by atoms with Gasteiger partial charge in [-0.3, -0.25) is 9.48 Å². The fourth-order valence-electron chi connectivity index (χ4n) is 1.71. The molecule has 0 aliphatic heterocycles. The van der Waals surface area contributed by atoms with Crippen LogP contribution >= 0.6 is 11.6 Å². The van der Waals surface area contributed by atoms with Gasteiger partial charge in [0.05, 0.1) is 16.1 Å². The molecule has 0 aliphatic carbocycles. The molecule has 3 nitrogen and oxygen atoms in total. The number of aryl methyl sites for hydroxylation is 1. The van der Waals surface area contributed by atoms with E-state index in [1.807, 2.05) is 0 Å². The Morgan fingerprint density at radius 1 is 1.37 bits per heavy atom. The number of carbonyl (C=O) groups is 1. The molecule has 0 amide bonds. The lowest BCUT2D eigenvalue weighted by Crippen LogP contribution is -2.06. The lowest BCUT2D eigenvalue weighted by atomic mass is 10.1. The second kappa shape index (κ2) is 4.70. The Labute approximate surface area is 111 Å². The summed E-state index contributed by atoms with van der Waals surface area (Å²) in [6.07, 6.45) is -2.57. The zero-order valence-electron chi connectivity index (χ0n) is 9.70. The highest BCUT2D eigenvalue weighted by atomic mass is 35.5. The second-order valence-corrected chi connectivity index (χ2v) is 4.32. The molecule has 7 heteroatoms. The number of hydrogen-bond donors (Lipinski definition) is 0. The first kappa shape index (κ1) is 13.6. The molecule has 0 unspecified atom stereocenters. The van der Waals surface area contributed by atoms with Gasteiger partial charge in [0.1, 0.15) is 5.69 Å². The molecule has 0 aliphatic rings. The van der Waals surface area contributed by atoms with Crippen molar-refractivity contribution in [2.24, 2.45) is 7.05 Å². The molecule has 19 heavy (non-hydrogen) atoms. The molecule has 0 radical (unpaired) electrons. The number of carbonyl (C=O) groups excluding carboxylic acids is 1. The zero-order valence-corrected chi connectivity index (χ0v) is 10.5. The standard InChI is InChI=1S/C12H8ClF3N2O/c1-18-5-8(6-19)11(17-18)7-2-3-10(13)9(4-7)12(14,15)16/h2-6H,1H3. The maximum Gasteiger partial charge on any atom is 0.417 e. The van der Waals surface area contributed by atoms with Crippen LogP contribution in [0.2, 0.25) is 5.02 Å². The van der Waals surface area contributed by atoms with Crippen molar-refractivity contribution in [3.63, 3.8) is 0 Å². The number of nitrogens with zero attached hydrogens (tertiary/aromatic N) is 2. The van der Waals surface area contributed by atoms with Crippen LogP contribution in [-0.2, 0) is 13.2 Å². The maximum atomic E-state index is 12.8. The molecule has 2 rings (SSSR count). The topological polar surface area (TPSA) is 34.9 Å². The molecule has 0 N–H and O–H groups in total. The van der Waals surface area contributed by atoms with Crippen LogP contribution in [0.4, 0.5) is 13.2 Å². The Kier molecular flexibility index (Phi) is 3.36. The van der Waals surface area contributed by atoms with Gasteiger partial charge in [-0.2, -0.15) is 18.3 Å². The Morgan fingerprint density at radius 3 is 2.63 bits per heavy atom. The first-order chi connectivity index (χ1) is 8.82. The highest BCUT2D eigenvalue weighted by Gasteiger charge is 2.33. The first-order valence-corrected chi connectivity index (χ1v) is 5.56. The molecule has 100 valence electrons. The normalized spacial score (nSPS) is 11.6. The van der Waals surface area contributed by atoms with Crippen molar-refractivity contribution < 1.29 is 18.0 Å². The van der Waals surface area contributed by atoms with Gasteiger partial charge in [-0.05, 0) is 12.1 Å². The summed E-state index contributed by atoms with van der Waals surface area (Å²) in [6, 6.07) is 3.42. The molecular formula is C12H8ClF3N2O. The summed E-state index contributed by atoms with van der Waals surface area (Å²) in [5, 5.41) is 3.59. The molecule has 0 atom stereocenters. The van der Waals surface area contributed by atoms with Crippen molar-refractivity contribution in [2.45, 2.75) is 6.18 Å². The van der Waals surface area contributed by atoms with Crippen molar-refractivity contribution in [1.82, 2.24) is 9.78 Å². The van der Waals surface area contributed by atoms with E-state index < -0.39 is 11.7 Å². The summed E-state index contributed by atoms with van der Waals surface area (Å²) >= 11 is 5.53. The van der Waals surface area contributed by atoms with Crippen LogP contribution in [0.15, 0.2) is 24.4 Å². The predicted octanol–water partition coefficient (Wildman–Crippen LogP) is 3.57. The van der Waals surface area contributed by atoms with Crippen molar-refractivity contribution in [3.8, 4) is 11.3 Å². The lowest BCUT2D eigenvalue weighted by Gasteiger charge is -2.10. The molecule has 0 bridgehead atoms. The fraction of sp³-hybridized carbons (Fsp3) is 0.167. The summed E-state index contributed by atoms with van der Waals surface area (Å²) in [6.45, 7) is 0. The van der Waals surface area contributed by atoms with Crippen molar-refractivity contribution in [1.29, 1.82) is 0 Å². The molecule has 2 aromatic rings. The average Bonchev–Trinajstić information content (AvgIpc) is 2.69. The third-order valence-corrected chi connectivity index (χ3v) is 2.86. The number of halogens is 4. The van der Waals surface area contributed by atoms with Gasteiger partial charge in [-0.25, -0.2) is 0 Å². The smallest absolute Gasteiger partial charge is 0.298 e. The number of aldehydes is 1. The second-order valence-electron chi connectivity index (χ2n) is 3.92. The Balaban J connectivity index is 2.61. The minimum Gasteiger partial charge on any atom is -0.298 e. The Morgan fingerprint density at radius 2 is 2.05 bits per heavy atom. The highest BCUT2D eigenvalue weighted by molar-refractivity contribution is 6.31.